The molecule has 0 bridgehead atoms. The Balaban J connectivity index is 1.43. The molecule has 5 rings (SSSR count). The Morgan fingerprint density at radius 1 is 1.19 bits per heavy atom. The number of amides is 1. The van der Waals surface area contributed by atoms with Crippen LogP contribution in [0.5, 0.6) is 11.5 Å². The molecule has 0 radical (unpaired) electrons. The first-order valence-electron chi connectivity index (χ1n) is 9.69. The second-order valence-electron chi connectivity index (χ2n) is 7.70. The topological polar surface area (TPSA) is 50.8 Å². The van der Waals surface area contributed by atoms with Gasteiger partial charge in [-0.05, 0) is 61.3 Å². The van der Waals surface area contributed by atoms with E-state index in [9.17, 15) is 4.79 Å². The number of benzene rings is 1. The van der Waals surface area contributed by atoms with Gasteiger partial charge in [-0.2, -0.15) is 0 Å². The first-order chi connectivity index (χ1) is 13.3. The molecule has 1 amide bonds. The Morgan fingerprint density at radius 3 is 2.78 bits per heavy atom. The molecule has 142 valence electrons. The molecule has 2 fully saturated rings. The van der Waals surface area contributed by atoms with Crippen LogP contribution >= 0.6 is 11.3 Å². The Labute approximate surface area is 163 Å². The minimum absolute atomic E-state index is 0.146. The van der Waals surface area contributed by atoms with Crippen LogP contribution in [0.1, 0.15) is 24.1 Å². The Bertz CT molecular complexity index is 830. The highest BCUT2D eigenvalue weighted by Gasteiger charge is 2.58. The zero-order chi connectivity index (χ0) is 18.3. The molecule has 1 aromatic heterocycles. The fourth-order valence-corrected chi connectivity index (χ4v) is 5.11. The molecular weight excluding hydrogens is 360 g/mol. The van der Waals surface area contributed by atoms with Crippen LogP contribution < -0.4 is 19.7 Å². The number of hydrogen-bond acceptors (Lipinski definition) is 5. The molecule has 2 aliphatic heterocycles. The van der Waals surface area contributed by atoms with Gasteiger partial charge in [0, 0.05) is 22.5 Å². The highest BCUT2D eigenvalue weighted by Crippen LogP contribution is 2.59. The van der Waals surface area contributed by atoms with Crippen molar-refractivity contribution >= 4 is 22.9 Å². The zero-order valence-electron chi connectivity index (χ0n) is 15.3. The first kappa shape index (κ1) is 17.1. The van der Waals surface area contributed by atoms with E-state index in [4.69, 9.17) is 9.47 Å². The van der Waals surface area contributed by atoms with E-state index in [1.54, 1.807) is 11.3 Å². The number of nitrogens with one attached hydrogen (secondary N) is 1. The van der Waals surface area contributed by atoms with Crippen molar-refractivity contribution in [3.8, 4) is 11.5 Å². The molecular formula is C21H24N2O3S. The van der Waals surface area contributed by atoms with Gasteiger partial charge in [0.1, 0.15) is 13.2 Å². The minimum atomic E-state index is 0.146. The van der Waals surface area contributed by atoms with Gasteiger partial charge < -0.3 is 19.7 Å². The van der Waals surface area contributed by atoms with Gasteiger partial charge in [-0.1, -0.05) is 6.07 Å². The van der Waals surface area contributed by atoms with E-state index in [-0.39, 0.29) is 17.2 Å². The van der Waals surface area contributed by atoms with E-state index in [0.717, 1.165) is 49.5 Å². The van der Waals surface area contributed by atoms with E-state index < -0.39 is 0 Å². The summed E-state index contributed by atoms with van der Waals surface area (Å²) in [6.45, 7) is 3.79. The summed E-state index contributed by atoms with van der Waals surface area (Å²) in [5.74, 6) is 1.89. The van der Waals surface area contributed by atoms with E-state index in [0.29, 0.717) is 19.8 Å². The summed E-state index contributed by atoms with van der Waals surface area (Å²) in [4.78, 5) is 16.7. The van der Waals surface area contributed by atoms with Gasteiger partial charge in [0.15, 0.2) is 11.5 Å². The maximum absolute atomic E-state index is 13.5. The van der Waals surface area contributed by atoms with Crippen LogP contribution in [-0.4, -0.2) is 32.2 Å². The number of nitrogens with zero attached hydrogens (tertiary/aromatic N) is 1. The third-order valence-corrected chi connectivity index (χ3v) is 6.95. The molecule has 27 heavy (non-hydrogen) atoms. The standard InChI is InChI=1S/C21H24N2O3S/c24-20(17-13-21(17)5-7-22-8-6-21)23(14-16-2-1-11-27-16)15-3-4-18-19(12-15)26-10-9-25-18/h1-4,11-12,17,22H,5-10,13-14H2. The lowest BCUT2D eigenvalue weighted by Gasteiger charge is -2.28. The molecule has 3 aliphatic rings. The van der Waals surface area contributed by atoms with Gasteiger partial charge in [-0.15, -0.1) is 11.3 Å². The summed E-state index contributed by atoms with van der Waals surface area (Å²) < 4.78 is 11.4. The van der Waals surface area contributed by atoms with E-state index >= 15 is 0 Å². The van der Waals surface area contributed by atoms with Gasteiger partial charge >= 0.3 is 0 Å². The number of ether oxygens (including phenoxy) is 2. The van der Waals surface area contributed by atoms with Crippen LogP contribution in [-0.2, 0) is 11.3 Å². The number of carbonyl (C=O) groups is 1. The van der Waals surface area contributed by atoms with Gasteiger partial charge in [0.25, 0.3) is 0 Å². The van der Waals surface area contributed by atoms with Gasteiger partial charge in [0.2, 0.25) is 5.91 Å². The quantitative estimate of drug-likeness (QED) is 0.877. The number of thiophene rings is 1. The van der Waals surface area contributed by atoms with Gasteiger partial charge in [0.05, 0.1) is 6.54 Å². The third kappa shape index (κ3) is 3.21. The fraction of sp³-hybridized carbons (Fsp3) is 0.476. The van der Waals surface area contributed by atoms with Crippen LogP contribution in [0.15, 0.2) is 35.7 Å². The lowest BCUT2D eigenvalue weighted by Crippen LogP contribution is -2.36. The highest BCUT2D eigenvalue weighted by atomic mass is 32.1. The summed E-state index contributed by atoms with van der Waals surface area (Å²) in [6, 6.07) is 9.99. The average molecular weight is 385 g/mol. The van der Waals surface area contributed by atoms with Crippen LogP contribution in [0, 0.1) is 11.3 Å². The number of fused-ring (bicyclic) bond motifs is 1. The second kappa shape index (κ2) is 6.84. The third-order valence-electron chi connectivity index (χ3n) is 6.08. The molecule has 1 saturated carbocycles. The molecule has 6 heteroatoms. The van der Waals surface area contributed by atoms with Crippen molar-refractivity contribution in [3.63, 3.8) is 0 Å². The minimum Gasteiger partial charge on any atom is -0.486 e. The zero-order valence-corrected chi connectivity index (χ0v) is 16.1. The van der Waals surface area contributed by atoms with Crippen LogP contribution in [0.25, 0.3) is 0 Å². The predicted molar refractivity (Wildman–Crippen MR) is 106 cm³/mol. The van der Waals surface area contributed by atoms with Crippen LogP contribution in [0.3, 0.4) is 0 Å². The summed E-state index contributed by atoms with van der Waals surface area (Å²) in [5, 5.41) is 5.48. The normalized spacial score (nSPS) is 22.4. The van der Waals surface area contributed by atoms with Crippen molar-refractivity contribution in [1.82, 2.24) is 5.32 Å². The largest absolute Gasteiger partial charge is 0.486 e. The SMILES string of the molecule is O=C(C1CC12CCNCC2)N(Cc1cccs1)c1ccc2c(c1)OCCO2. The summed E-state index contributed by atoms with van der Waals surface area (Å²) in [6.07, 6.45) is 3.24. The Hall–Kier alpha value is -2.05. The number of carbonyl (C=O) groups excluding carboxylic acids is 1. The summed E-state index contributed by atoms with van der Waals surface area (Å²) in [5.41, 5.74) is 1.12. The van der Waals surface area contributed by atoms with Crippen molar-refractivity contribution in [3.05, 3.63) is 40.6 Å². The molecule has 3 heterocycles. The molecule has 1 unspecified atom stereocenters. The number of piperidine rings is 1. The van der Waals surface area contributed by atoms with Crippen molar-refractivity contribution in [2.75, 3.05) is 31.2 Å². The van der Waals surface area contributed by atoms with E-state index in [2.05, 4.69) is 16.8 Å². The molecule has 1 N–H and O–H groups in total. The molecule has 5 nitrogen and oxygen atoms in total. The van der Waals surface area contributed by atoms with Crippen LogP contribution in [0.2, 0.25) is 0 Å². The first-order valence-corrected chi connectivity index (χ1v) is 10.6. The molecule has 1 aliphatic carbocycles. The summed E-state index contributed by atoms with van der Waals surface area (Å²) in [7, 11) is 0. The smallest absolute Gasteiger partial charge is 0.231 e. The monoisotopic (exact) mass is 384 g/mol. The van der Waals surface area contributed by atoms with E-state index in [1.165, 1.54) is 4.88 Å². The fourth-order valence-electron chi connectivity index (χ4n) is 4.42. The molecule has 1 saturated heterocycles. The van der Waals surface area contributed by atoms with Gasteiger partial charge in [-0.3, -0.25) is 4.79 Å². The number of hydrogen-bond donors (Lipinski definition) is 1. The number of rotatable bonds is 4. The van der Waals surface area contributed by atoms with Crippen LogP contribution in [0.4, 0.5) is 5.69 Å². The van der Waals surface area contributed by atoms with Crippen molar-refractivity contribution in [1.29, 1.82) is 0 Å². The predicted octanol–water partition coefficient (Wildman–Crippen LogP) is 3.44. The number of anilines is 1. The Kier molecular flexibility index (Phi) is 4.32. The maximum Gasteiger partial charge on any atom is 0.231 e. The highest BCUT2D eigenvalue weighted by molar-refractivity contribution is 7.09. The lowest BCUT2D eigenvalue weighted by molar-refractivity contribution is -0.120. The molecule has 2 aromatic rings. The van der Waals surface area contributed by atoms with Gasteiger partial charge in [-0.25, -0.2) is 0 Å². The molecule has 1 atom stereocenters. The Morgan fingerprint density at radius 2 is 2.00 bits per heavy atom. The second-order valence-corrected chi connectivity index (χ2v) is 8.73. The maximum atomic E-state index is 13.5. The summed E-state index contributed by atoms with van der Waals surface area (Å²) >= 11 is 1.69. The van der Waals surface area contributed by atoms with E-state index in [1.807, 2.05) is 29.2 Å². The van der Waals surface area contributed by atoms with Crippen molar-refractivity contribution in [2.24, 2.45) is 11.3 Å². The van der Waals surface area contributed by atoms with Crippen molar-refractivity contribution < 1.29 is 14.3 Å². The average Bonchev–Trinajstić information content (AvgIpc) is 3.14. The lowest BCUT2D eigenvalue weighted by atomic mass is 9.91. The van der Waals surface area contributed by atoms with Crippen molar-refractivity contribution in [2.45, 2.75) is 25.8 Å². The molecule has 1 aromatic carbocycles. The molecule has 1 spiro atoms.